The molecule has 0 atom stereocenters. The van der Waals surface area contributed by atoms with Crippen LogP contribution in [0.2, 0.25) is 0 Å². The maximum absolute atomic E-state index is 8.79. The van der Waals surface area contributed by atoms with Gasteiger partial charge in [0.05, 0.1) is 5.56 Å². The number of rotatable bonds is 4. The van der Waals surface area contributed by atoms with E-state index in [1.807, 2.05) is 12.1 Å². The second-order valence-corrected chi connectivity index (χ2v) is 5.93. The van der Waals surface area contributed by atoms with Crippen LogP contribution in [0.1, 0.15) is 44.1 Å². The van der Waals surface area contributed by atoms with Crippen molar-refractivity contribution >= 4 is 5.82 Å². The average Bonchev–Trinajstić information content (AvgIpc) is 2.72. The highest BCUT2D eigenvalue weighted by atomic mass is 15.2. The summed E-state index contributed by atoms with van der Waals surface area (Å²) in [5, 5.41) is 12.2. The molecule has 1 heterocycles. The second kappa shape index (κ2) is 6.71. The first-order valence-electron chi connectivity index (χ1n) is 7.44. The molecular formula is C16H24N4. The van der Waals surface area contributed by atoms with Crippen molar-refractivity contribution in [2.24, 2.45) is 0 Å². The molecule has 1 aliphatic carbocycles. The van der Waals surface area contributed by atoms with Crippen LogP contribution < -0.4 is 5.32 Å². The van der Waals surface area contributed by atoms with Crippen molar-refractivity contribution in [1.29, 1.82) is 5.26 Å². The molecule has 1 aromatic heterocycles. The minimum Gasteiger partial charge on any atom is -0.368 e. The average molecular weight is 272 g/mol. The number of nitriles is 1. The van der Waals surface area contributed by atoms with Crippen molar-refractivity contribution in [2.75, 3.05) is 26.0 Å². The van der Waals surface area contributed by atoms with Gasteiger partial charge < -0.3 is 10.2 Å². The van der Waals surface area contributed by atoms with E-state index in [-0.39, 0.29) is 5.54 Å². The molecule has 0 saturated heterocycles. The van der Waals surface area contributed by atoms with E-state index in [9.17, 15) is 0 Å². The van der Waals surface area contributed by atoms with Gasteiger partial charge in [-0.25, -0.2) is 4.98 Å². The zero-order chi connectivity index (χ0) is 14.4. The van der Waals surface area contributed by atoms with Gasteiger partial charge in [0.25, 0.3) is 0 Å². The monoisotopic (exact) mass is 272 g/mol. The lowest BCUT2D eigenvalue weighted by Crippen LogP contribution is -2.49. The fourth-order valence-electron chi connectivity index (χ4n) is 2.99. The Balaban J connectivity index is 2.02. The van der Waals surface area contributed by atoms with Gasteiger partial charge in [-0.1, -0.05) is 25.7 Å². The van der Waals surface area contributed by atoms with E-state index in [1.54, 1.807) is 6.20 Å². The van der Waals surface area contributed by atoms with Crippen molar-refractivity contribution in [3.63, 3.8) is 0 Å². The molecule has 20 heavy (non-hydrogen) atoms. The van der Waals surface area contributed by atoms with Gasteiger partial charge in [0.15, 0.2) is 0 Å². The summed E-state index contributed by atoms with van der Waals surface area (Å²) in [6, 6.07) is 5.79. The molecule has 0 amide bonds. The Morgan fingerprint density at radius 3 is 2.45 bits per heavy atom. The van der Waals surface area contributed by atoms with Crippen LogP contribution in [0.25, 0.3) is 0 Å². The fourth-order valence-corrected chi connectivity index (χ4v) is 2.99. The Labute approximate surface area is 121 Å². The number of nitrogens with one attached hydrogen (secondary N) is 1. The number of hydrogen-bond acceptors (Lipinski definition) is 4. The van der Waals surface area contributed by atoms with Crippen LogP contribution in [-0.2, 0) is 0 Å². The highest BCUT2D eigenvalue weighted by Gasteiger charge is 2.32. The zero-order valence-corrected chi connectivity index (χ0v) is 12.5. The van der Waals surface area contributed by atoms with Crippen molar-refractivity contribution in [3.8, 4) is 6.07 Å². The van der Waals surface area contributed by atoms with E-state index in [2.05, 4.69) is 35.4 Å². The maximum atomic E-state index is 8.79. The summed E-state index contributed by atoms with van der Waals surface area (Å²) in [6.07, 6.45) is 9.42. The summed E-state index contributed by atoms with van der Waals surface area (Å²) in [6.45, 7) is 0.916. The van der Waals surface area contributed by atoms with Crippen molar-refractivity contribution in [3.05, 3.63) is 23.9 Å². The third kappa shape index (κ3) is 3.49. The van der Waals surface area contributed by atoms with Crippen LogP contribution in [0.15, 0.2) is 18.3 Å². The molecule has 108 valence electrons. The first-order valence-corrected chi connectivity index (χ1v) is 7.44. The van der Waals surface area contributed by atoms with Crippen LogP contribution >= 0.6 is 0 Å². The van der Waals surface area contributed by atoms with Gasteiger partial charge in [-0.15, -0.1) is 0 Å². The highest BCUT2D eigenvalue weighted by molar-refractivity contribution is 5.39. The van der Waals surface area contributed by atoms with E-state index in [0.29, 0.717) is 5.56 Å². The molecule has 1 N–H and O–H groups in total. The maximum Gasteiger partial charge on any atom is 0.126 e. The van der Waals surface area contributed by atoms with Crippen LogP contribution in [-0.4, -0.2) is 36.1 Å². The lowest BCUT2D eigenvalue weighted by Gasteiger charge is -2.39. The minimum absolute atomic E-state index is 0.228. The highest BCUT2D eigenvalue weighted by Crippen LogP contribution is 2.31. The predicted octanol–water partition coefficient (Wildman–Crippen LogP) is 3.02. The molecular weight excluding hydrogens is 248 g/mol. The molecule has 0 bridgehead atoms. The van der Waals surface area contributed by atoms with E-state index in [1.165, 1.54) is 38.5 Å². The van der Waals surface area contributed by atoms with Gasteiger partial charge in [0, 0.05) is 18.3 Å². The van der Waals surface area contributed by atoms with Gasteiger partial charge in [-0.3, -0.25) is 0 Å². The van der Waals surface area contributed by atoms with Gasteiger partial charge >= 0.3 is 0 Å². The molecule has 0 aliphatic heterocycles. The number of aromatic nitrogens is 1. The first-order chi connectivity index (χ1) is 9.66. The molecule has 1 aromatic rings. The van der Waals surface area contributed by atoms with E-state index < -0.39 is 0 Å². The number of anilines is 1. The molecule has 0 spiro atoms. The molecule has 4 nitrogen and oxygen atoms in total. The lowest BCUT2D eigenvalue weighted by molar-refractivity contribution is 0.143. The van der Waals surface area contributed by atoms with Gasteiger partial charge in [0.2, 0.25) is 0 Å². The van der Waals surface area contributed by atoms with Gasteiger partial charge in [-0.2, -0.15) is 5.26 Å². The number of nitrogens with zero attached hydrogens (tertiary/aromatic N) is 3. The van der Waals surface area contributed by atoms with E-state index >= 15 is 0 Å². The minimum atomic E-state index is 0.228. The summed E-state index contributed by atoms with van der Waals surface area (Å²) in [5.74, 6) is 0.856. The topological polar surface area (TPSA) is 52.0 Å². The summed E-state index contributed by atoms with van der Waals surface area (Å²) in [5.41, 5.74) is 0.832. The molecule has 1 saturated carbocycles. The van der Waals surface area contributed by atoms with Crippen molar-refractivity contribution in [1.82, 2.24) is 9.88 Å². The number of likely N-dealkylation sites (N-methyl/N-ethyl adjacent to an activating group) is 1. The molecule has 2 rings (SSSR count). The Hall–Kier alpha value is -1.60. The summed E-state index contributed by atoms with van der Waals surface area (Å²) < 4.78 is 0. The SMILES string of the molecule is CN(C)C1(CNc2ccc(C#N)cn2)CCCCCC1. The molecule has 4 heteroatoms. The van der Waals surface area contributed by atoms with Crippen molar-refractivity contribution in [2.45, 2.75) is 44.1 Å². The zero-order valence-electron chi connectivity index (χ0n) is 12.5. The van der Waals surface area contributed by atoms with E-state index in [0.717, 1.165) is 12.4 Å². The molecule has 0 aromatic carbocycles. The van der Waals surface area contributed by atoms with E-state index in [4.69, 9.17) is 5.26 Å². The molecule has 0 radical (unpaired) electrons. The summed E-state index contributed by atoms with van der Waals surface area (Å²) in [7, 11) is 4.36. The largest absolute Gasteiger partial charge is 0.368 e. The van der Waals surface area contributed by atoms with Crippen LogP contribution in [0, 0.1) is 11.3 Å². The number of pyridine rings is 1. The van der Waals surface area contributed by atoms with Gasteiger partial charge in [0.1, 0.15) is 11.9 Å². The fraction of sp³-hybridized carbons (Fsp3) is 0.625. The van der Waals surface area contributed by atoms with Crippen LogP contribution in [0.4, 0.5) is 5.82 Å². The second-order valence-electron chi connectivity index (χ2n) is 5.93. The number of hydrogen-bond donors (Lipinski definition) is 1. The predicted molar refractivity (Wildman–Crippen MR) is 81.6 cm³/mol. The Kier molecular flexibility index (Phi) is 4.97. The molecule has 0 unspecified atom stereocenters. The first kappa shape index (κ1) is 14.8. The molecule has 1 fully saturated rings. The lowest BCUT2D eigenvalue weighted by atomic mass is 9.88. The van der Waals surface area contributed by atoms with Crippen LogP contribution in [0.5, 0.6) is 0 Å². The third-order valence-electron chi connectivity index (χ3n) is 4.47. The third-order valence-corrected chi connectivity index (χ3v) is 4.47. The smallest absolute Gasteiger partial charge is 0.126 e. The normalized spacial score (nSPS) is 18.3. The van der Waals surface area contributed by atoms with Crippen LogP contribution in [0.3, 0.4) is 0 Å². The Bertz CT molecular complexity index is 450. The van der Waals surface area contributed by atoms with Gasteiger partial charge in [-0.05, 0) is 39.1 Å². The molecule has 1 aliphatic rings. The Morgan fingerprint density at radius 1 is 1.25 bits per heavy atom. The quantitative estimate of drug-likeness (QED) is 0.856. The van der Waals surface area contributed by atoms with Crippen molar-refractivity contribution < 1.29 is 0 Å². The standard InChI is InChI=1S/C16H24N4/c1-20(2)16(9-5-3-4-6-10-16)13-19-15-8-7-14(11-17)12-18-15/h7-8,12H,3-6,9-10,13H2,1-2H3,(H,18,19). The summed E-state index contributed by atoms with van der Waals surface area (Å²) >= 11 is 0. The Morgan fingerprint density at radius 2 is 1.95 bits per heavy atom. The summed E-state index contributed by atoms with van der Waals surface area (Å²) in [4.78, 5) is 6.67.